The van der Waals surface area contributed by atoms with Crippen LogP contribution in [0.4, 0.5) is 5.82 Å². The third kappa shape index (κ3) is 4.18. The average molecular weight is 369 g/mol. The van der Waals surface area contributed by atoms with E-state index in [-0.39, 0.29) is 11.8 Å². The third-order valence-electron chi connectivity index (χ3n) is 4.99. The van der Waals surface area contributed by atoms with Gasteiger partial charge in [-0.1, -0.05) is 6.92 Å². The van der Waals surface area contributed by atoms with E-state index in [2.05, 4.69) is 16.8 Å². The van der Waals surface area contributed by atoms with Gasteiger partial charge in [-0.25, -0.2) is 4.98 Å². The van der Waals surface area contributed by atoms with Gasteiger partial charge in [0.1, 0.15) is 5.82 Å². The number of hydrogen-bond donors (Lipinski definition) is 0. The van der Waals surface area contributed by atoms with Crippen molar-refractivity contribution in [2.75, 3.05) is 44.2 Å². The van der Waals surface area contributed by atoms with Crippen LogP contribution in [0.15, 0.2) is 24.4 Å². The Hall–Kier alpha value is -2.70. The van der Waals surface area contributed by atoms with Gasteiger partial charge < -0.3 is 14.7 Å². The number of piperazine rings is 1. The van der Waals surface area contributed by atoms with Gasteiger partial charge in [0.15, 0.2) is 0 Å². The Morgan fingerprint density at radius 2 is 1.85 bits per heavy atom. The van der Waals surface area contributed by atoms with Crippen LogP contribution >= 0.6 is 0 Å². The van der Waals surface area contributed by atoms with E-state index in [1.807, 2.05) is 34.9 Å². The lowest BCUT2D eigenvalue weighted by Crippen LogP contribution is -2.48. The molecule has 3 rings (SSSR count). The lowest BCUT2D eigenvalue weighted by atomic mass is 10.1. The highest BCUT2D eigenvalue weighted by molar-refractivity contribution is 5.97. The second-order valence-electron chi connectivity index (χ2n) is 6.81. The summed E-state index contributed by atoms with van der Waals surface area (Å²) in [6, 6.07) is 5.51. The number of fused-ring (bicyclic) bond motifs is 1. The summed E-state index contributed by atoms with van der Waals surface area (Å²) < 4.78 is 0. The van der Waals surface area contributed by atoms with Crippen molar-refractivity contribution in [3.8, 4) is 0 Å². The van der Waals surface area contributed by atoms with E-state index in [9.17, 15) is 9.59 Å². The Balaban J connectivity index is 1.82. The maximum atomic E-state index is 12.7. The lowest BCUT2D eigenvalue weighted by molar-refractivity contribution is -0.129. The molecule has 0 spiro atoms. The summed E-state index contributed by atoms with van der Waals surface area (Å²) in [5, 5.41) is 0. The molecule has 1 fully saturated rings. The summed E-state index contributed by atoms with van der Waals surface area (Å²) >= 11 is 0. The smallest absolute Gasteiger partial charge is 0.253 e. The van der Waals surface area contributed by atoms with Crippen molar-refractivity contribution in [1.29, 1.82) is 0 Å². The number of carbonyl (C=O) groups is 2. The maximum Gasteiger partial charge on any atom is 0.253 e. The molecule has 0 radical (unpaired) electrons. The van der Waals surface area contributed by atoms with E-state index in [0.717, 1.165) is 42.9 Å². The van der Waals surface area contributed by atoms with Gasteiger partial charge >= 0.3 is 0 Å². The van der Waals surface area contributed by atoms with Crippen LogP contribution in [0.25, 0.3) is 11.0 Å². The number of carbonyl (C=O) groups excluding carboxylic acids is 2. The molecule has 7 heteroatoms. The number of aromatic nitrogens is 2. The number of amides is 2. The number of hydrogen-bond acceptors (Lipinski definition) is 5. The minimum atomic E-state index is 0.0310. The molecule has 2 aromatic rings. The van der Waals surface area contributed by atoms with Crippen molar-refractivity contribution in [3.05, 3.63) is 30.0 Å². The van der Waals surface area contributed by atoms with Gasteiger partial charge in [0, 0.05) is 51.8 Å². The topological polar surface area (TPSA) is 69.6 Å². The molecule has 0 saturated carbocycles. The van der Waals surface area contributed by atoms with E-state index < -0.39 is 0 Å². The first-order chi connectivity index (χ1) is 13.0. The van der Waals surface area contributed by atoms with Crippen LogP contribution in [-0.2, 0) is 4.79 Å². The molecule has 1 saturated heterocycles. The highest BCUT2D eigenvalue weighted by Gasteiger charge is 2.20. The maximum absolute atomic E-state index is 12.7. The number of benzene rings is 1. The molecule has 7 nitrogen and oxygen atoms in total. The fourth-order valence-electron chi connectivity index (χ4n) is 3.39. The van der Waals surface area contributed by atoms with Gasteiger partial charge in [-0.15, -0.1) is 0 Å². The van der Waals surface area contributed by atoms with E-state index in [4.69, 9.17) is 4.98 Å². The number of rotatable bonds is 5. The Kier molecular flexibility index (Phi) is 5.88. The zero-order valence-corrected chi connectivity index (χ0v) is 16.3. The molecule has 1 aliphatic rings. The molecule has 27 heavy (non-hydrogen) atoms. The van der Waals surface area contributed by atoms with Crippen LogP contribution in [0.2, 0.25) is 0 Å². The zero-order chi connectivity index (χ0) is 19.4. The SMILES string of the molecule is CCCN(CC)C(=O)c1ccc2ncc(N3CCN(C(C)=O)CC3)nc2c1. The first-order valence-electron chi connectivity index (χ1n) is 9.60. The minimum absolute atomic E-state index is 0.0310. The van der Waals surface area contributed by atoms with Gasteiger partial charge in [-0.2, -0.15) is 0 Å². The summed E-state index contributed by atoms with van der Waals surface area (Å²) in [5.74, 6) is 0.926. The highest BCUT2D eigenvalue weighted by atomic mass is 16.2. The number of nitrogens with zero attached hydrogens (tertiary/aromatic N) is 5. The van der Waals surface area contributed by atoms with Crippen molar-refractivity contribution in [1.82, 2.24) is 19.8 Å². The molecule has 1 aliphatic heterocycles. The summed E-state index contributed by atoms with van der Waals surface area (Å²) in [7, 11) is 0. The minimum Gasteiger partial charge on any atom is -0.352 e. The van der Waals surface area contributed by atoms with Gasteiger partial charge in [0.05, 0.1) is 17.2 Å². The molecule has 0 bridgehead atoms. The van der Waals surface area contributed by atoms with Crippen molar-refractivity contribution in [2.45, 2.75) is 27.2 Å². The molecule has 0 unspecified atom stereocenters. The van der Waals surface area contributed by atoms with Crippen molar-refractivity contribution >= 4 is 28.7 Å². The molecule has 2 heterocycles. The summed E-state index contributed by atoms with van der Waals surface area (Å²) in [4.78, 5) is 39.3. The van der Waals surface area contributed by atoms with Gasteiger partial charge in [0.25, 0.3) is 5.91 Å². The van der Waals surface area contributed by atoms with E-state index in [1.54, 1.807) is 13.1 Å². The Morgan fingerprint density at radius 1 is 1.11 bits per heavy atom. The van der Waals surface area contributed by atoms with Gasteiger partial charge in [0.2, 0.25) is 5.91 Å². The Morgan fingerprint density at radius 3 is 2.48 bits per heavy atom. The monoisotopic (exact) mass is 369 g/mol. The molecule has 1 aromatic carbocycles. The average Bonchev–Trinajstić information content (AvgIpc) is 2.70. The lowest BCUT2D eigenvalue weighted by Gasteiger charge is -2.34. The van der Waals surface area contributed by atoms with E-state index >= 15 is 0 Å². The van der Waals surface area contributed by atoms with E-state index in [0.29, 0.717) is 25.2 Å². The highest BCUT2D eigenvalue weighted by Crippen LogP contribution is 2.19. The predicted molar refractivity (Wildman–Crippen MR) is 106 cm³/mol. The summed E-state index contributed by atoms with van der Waals surface area (Å²) in [6.07, 6.45) is 2.70. The first-order valence-corrected chi connectivity index (χ1v) is 9.60. The number of anilines is 1. The van der Waals surface area contributed by atoms with Crippen LogP contribution in [0.1, 0.15) is 37.6 Å². The van der Waals surface area contributed by atoms with Gasteiger partial charge in [-0.3, -0.25) is 14.6 Å². The molecular formula is C20H27N5O2. The van der Waals surface area contributed by atoms with Crippen LogP contribution in [0.3, 0.4) is 0 Å². The van der Waals surface area contributed by atoms with Crippen molar-refractivity contribution in [2.24, 2.45) is 0 Å². The molecule has 0 atom stereocenters. The standard InChI is InChI=1S/C20H27N5O2/c1-4-8-23(5-2)20(27)16-6-7-17-18(13-16)22-19(14-21-17)25-11-9-24(10-12-25)15(3)26/h6-7,13-14H,4-5,8-12H2,1-3H3. The second kappa shape index (κ2) is 8.33. The van der Waals surface area contributed by atoms with Crippen LogP contribution in [0.5, 0.6) is 0 Å². The molecule has 0 aliphatic carbocycles. The molecule has 0 N–H and O–H groups in total. The van der Waals surface area contributed by atoms with Crippen molar-refractivity contribution < 1.29 is 9.59 Å². The molecule has 1 aromatic heterocycles. The quantitative estimate of drug-likeness (QED) is 0.808. The van der Waals surface area contributed by atoms with Crippen molar-refractivity contribution in [3.63, 3.8) is 0 Å². The fraction of sp³-hybridized carbons (Fsp3) is 0.500. The largest absolute Gasteiger partial charge is 0.352 e. The normalized spacial score (nSPS) is 14.5. The summed E-state index contributed by atoms with van der Waals surface area (Å²) in [5.41, 5.74) is 2.14. The Bertz CT molecular complexity index is 830. The molecular weight excluding hydrogens is 342 g/mol. The zero-order valence-electron chi connectivity index (χ0n) is 16.3. The van der Waals surface area contributed by atoms with Crippen LogP contribution in [-0.4, -0.2) is 70.9 Å². The van der Waals surface area contributed by atoms with Crippen LogP contribution < -0.4 is 4.90 Å². The molecule has 144 valence electrons. The molecule has 2 amide bonds. The fourth-order valence-corrected chi connectivity index (χ4v) is 3.39. The third-order valence-corrected chi connectivity index (χ3v) is 4.99. The predicted octanol–water partition coefficient (Wildman–Crippen LogP) is 2.17. The first kappa shape index (κ1) is 19.1. The Labute approximate surface area is 160 Å². The van der Waals surface area contributed by atoms with Crippen LogP contribution in [0, 0.1) is 0 Å². The van der Waals surface area contributed by atoms with Gasteiger partial charge in [-0.05, 0) is 31.5 Å². The van der Waals surface area contributed by atoms with E-state index in [1.165, 1.54) is 0 Å². The second-order valence-corrected chi connectivity index (χ2v) is 6.81. The summed E-state index contributed by atoms with van der Waals surface area (Å²) in [6.45, 7) is 9.95.